The van der Waals surface area contributed by atoms with Crippen LogP contribution in [-0.4, -0.2) is 44.3 Å². The molecule has 0 bridgehead atoms. The lowest BCUT2D eigenvalue weighted by Crippen LogP contribution is -2.19. The minimum Gasteiger partial charge on any atom is -0.380 e. The zero-order valence-corrected chi connectivity index (χ0v) is 14.5. The predicted octanol–water partition coefficient (Wildman–Crippen LogP) is 2.23. The van der Waals surface area contributed by atoms with Crippen LogP contribution in [0.4, 0.5) is 0 Å². The Morgan fingerprint density at radius 3 is 2.33 bits per heavy atom. The Balaban J connectivity index is 1.35. The number of nitrogens with zero attached hydrogens (tertiary/aromatic N) is 1. The van der Waals surface area contributed by atoms with Gasteiger partial charge < -0.3 is 9.64 Å². The molecule has 0 unspecified atom stereocenters. The first kappa shape index (κ1) is 18.9. The standard InChI is InChI=1S/C18H28N2O4/c1-22-13-16-6-8-17(9-7-16)14-23-24-15-19-10-4-2-3-5-11-20-12-18(20)21/h6-9,19H,2-5,10-15H2,1H3. The number of amides is 1. The molecule has 1 aliphatic rings. The third kappa shape index (κ3) is 7.88. The van der Waals surface area contributed by atoms with Crippen LogP contribution in [0, 0.1) is 0 Å². The molecule has 0 saturated carbocycles. The molecule has 6 heteroatoms. The van der Waals surface area contributed by atoms with E-state index in [1.165, 1.54) is 12.8 Å². The van der Waals surface area contributed by atoms with Gasteiger partial charge in [-0.3, -0.25) is 10.1 Å². The van der Waals surface area contributed by atoms with Crippen LogP contribution >= 0.6 is 0 Å². The molecule has 1 amide bonds. The average Bonchev–Trinajstić information content (AvgIpc) is 3.29. The molecule has 1 aromatic carbocycles. The summed E-state index contributed by atoms with van der Waals surface area (Å²) in [6.07, 6.45) is 4.55. The van der Waals surface area contributed by atoms with Crippen LogP contribution in [-0.2, 0) is 32.5 Å². The summed E-state index contributed by atoms with van der Waals surface area (Å²) in [5, 5.41) is 3.19. The van der Waals surface area contributed by atoms with Crippen molar-refractivity contribution in [1.82, 2.24) is 10.2 Å². The fourth-order valence-corrected chi connectivity index (χ4v) is 2.40. The molecular formula is C18H28N2O4. The molecule has 0 spiro atoms. The number of unbranched alkanes of at least 4 members (excludes halogenated alkanes) is 3. The smallest absolute Gasteiger partial charge is 0.242 e. The number of ether oxygens (including phenoxy) is 1. The molecule has 0 atom stereocenters. The van der Waals surface area contributed by atoms with Gasteiger partial charge in [-0.15, -0.1) is 0 Å². The molecule has 1 aliphatic heterocycles. The van der Waals surface area contributed by atoms with Crippen LogP contribution < -0.4 is 5.32 Å². The monoisotopic (exact) mass is 336 g/mol. The number of carbonyl (C=O) groups is 1. The van der Waals surface area contributed by atoms with Crippen molar-refractivity contribution >= 4 is 5.91 Å². The van der Waals surface area contributed by atoms with E-state index in [2.05, 4.69) is 5.32 Å². The van der Waals surface area contributed by atoms with E-state index in [-0.39, 0.29) is 0 Å². The Morgan fingerprint density at radius 2 is 1.67 bits per heavy atom. The van der Waals surface area contributed by atoms with E-state index in [0.29, 0.717) is 32.4 Å². The van der Waals surface area contributed by atoms with Crippen LogP contribution in [0.25, 0.3) is 0 Å². The molecule has 0 radical (unpaired) electrons. The van der Waals surface area contributed by atoms with E-state index >= 15 is 0 Å². The second-order valence-corrected chi connectivity index (χ2v) is 6.00. The largest absolute Gasteiger partial charge is 0.380 e. The lowest BCUT2D eigenvalue weighted by atomic mass is 10.1. The van der Waals surface area contributed by atoms with Crippen LogP contribution in [0.15, 0.2) is 24.3 Å². The van der Waals surface area contributed by atoms with Crippen molar-refractivity contribution in [2.45, 2.75) is 38.9 Å². The Labute approximate surface area is 144 Å². The molecule has 6 nitrogen and oxygen atoms in total. The number of methoxy groups -OCH3 is 1. The molecule has 24 heavy (non-hydrogen) atoms. The molecule has 0 aromatic heterocycles. The molecule has 0 aliphatic carbocycles. The van der Waals surface area contributed by atoms with Crippen molar-refractivity contribution in [2.24, 2.45) is 0 Å². The Bertz CT molecular complexity index is 478. The van der Waals surface area contributed by atoms with Gasteiger partial charge in [-0.2, -0.15) is 0 Å². The van der Waals surface area contributed by atoms with Crippen molar-refractivity contribution in [2.75, 3.05) is 33.5 Å². The zero-order valence-electron chi connectivity index (χ0n) is 14.5. The fourth-order valence-electron chi connectivity index (χ4n) is 2.40. The number of nitrogens with one attached hydrogen (secondary N) is 1. The summed E-state index contributed by atoms with van der Waals surface area (Å²) in [5.41, 5.74) is 2.21. The third-order valence-electron chi connectivity index (χ3n) is 3.91. The van der Waals surface area contributed by atoms with Crippen molar-refractivity contribution < 1.29 is 19.3 Å². The first-order valence-electron chi connectivity index (χ1n) is 8.59. The van der Waals surface area contributed by atoms with Crippen LogP contribution in [0.2, 0.25) is 0 Å². The maximum atomic E-state index is 10.8. The molecule has 1 heterocycles. The van der Waals surface area contributed by atoms with Crippen molar-refractivity contribution in [1.29, 1.82) is 0 Å². The third-order valence-corrected chi connectivity index (χ3v) is 3.91. The van der Waals surface area contributed by atoms with Gasteiger partial charge in [-0.1, -0.05) is 37.1 Å². The maximum Gasteiger partial charge on any atom is 0.242 e. The van der Waals surface area contributed by atoms with Crippen molar-refractivity contribution in [3.8, 4) is 0 Å². The van der Waals surface area contributed by atoms with Gasteiger partial charge >= 0.3 is 0 Å². The molecular weight excluding hydrogens is 308 g/mol. The minimum absolute atomic E-state index is 0.291. The Hall–Kier alpha value is -1.47. The topological polar surface area (TPSA) is 59.8 Å². The van der Waals surface area contributed by atoms with E-state index in [1.807, 2.05) is 29.2 Å². The van der Waals surface area contributed by atoms with Gasteiger partial charge in [0.05, 0.1) is 13.2 Å². The molecule has 1 saturated heterocycles. The molecule has 1 fully saturated rings. The highest BCUT2D eigenvalue weighted by molar-refractivity contribution is 5.92. The summed E-state index contributed by atoms with van der Waals surface area (Å²) in [5.74, 6) is 0.291. The van der Waals surface area contributed by atoms with Crippen LogP contribution in [0.3, 0.4) is 0 Å². The average molecular weight is 336 g/mol. The van der Waals surface area contributed by atoms with E-state index in [9.17, 15) is 4.79 Å². The lowest BCUT2D eigenvalue weighted by molar-refractivity contribution is -0.307. The minimum atomic E-state index is 0.291. The van der Waals surface area contributed by atoms with E-state index in [1.54, 1.807) is 7.11 Å². The molecule has 1 N–H and O–H groups in total. The van der Waals surface area contributed by atoms with E-state index in [4.69, 9.17) is 14.5 Å². The summed E-state index contributed by atoms with van der Waals surface area (Å²) >= 11 is 0. The first-order valence-corrected chi connectivity index (χ1v) is 8.59. The predicted molar refractivity (Wildman–Crippen MR) is 90.9 cm³/mol. The van der Waals surface area contributed by atoms with Gasteiger partial charge in [0.1, 0.15) is 13.3 Å². The van der Waals surface area contributed by atoms with Gasteiger partial charge in [0.15, 0.2) is 0 Å². The summed E-state index contributed by atoms with van der Waals surface area (Å²) in [6, 6.07) is 8.07. The Kier molecular flexibility index (Phi) is 8.76. The second kappa shape index (κ2) is 11.1. The highest BCUT2D eigenvalue weighted by atomic mass is 17.2. The zero-order chi connectivity index (χ0) is 17.0. The quantitative estimate of drug-likeness (QED) is 0.186. The van der Waals surface area contributed by atoms with Crippen molar-refractivity contribution in [3.63, 3.8) is 0 Å². The van der Waals surface area contributed by atoms with Gasteiger partial charge in [-0.25, -0.2) is 9.78 Å². The van der Waals surface area contributed by atoms with Gasteiger partial charge in [-0.05, 0) is 30.5 Å². The first-order chi connectivity index (χ1) is 11.8. The Morgan fingerprint density at radius 1 is 1.00 bits per heavy atom. The van der Waals surface area contributed by atoms with Gasteiger partial charge in [0.2, 0.25) is 5.91 Å². The van der Waals surface area contributed by atoms with Crippen LogP contribution in [0.5, 0.6) is 0 Å². The number of hydrogen-bond acceptors (Lipinski definition) is 5. The number of carbonyl (C=O) groups excluding carboxylic acids is 1. The van der Waals surface area contributed by atoms with Gasteiger partial charge in [0.25, 0.3) is 0 Å². The normalized spacial score (nSPS) is 13.5. The SMILES string of the molecule is COCc1ccc(COOCNCCCCCCN2CC2=O)cc1. The summed E-state index contributed by atoms with van der Waals surface area (Å²) < 4.78 is 5.07. The second-order valence-electron chi connectivity index (χ2n) is 6.00. The number of benzene rings is 1. The van der Waals surface area contributed by atoms with E-state index < -0.39 is 0 Å². The van der Waals surface area contributed by atoms with E-state index in [0.717, 1.165) is 37.1 Å². The maximum absolute atomic E-state index is 10.8. The number of hydrogen-bond donors (Lipinski definition) is 1. The van der Waals surface area contributed by atoms with Crippen LogP contribution in [0.1, 0.15) is 36.8 Å². The summed E-state index contributed by atoms with van der Waals surface area (Å²) in [6.45, 7) is 3.95. The molecule has 2 rings (SSSR count). The summed E-state index contributed by atoms with van der Waals surface area (Å²) in [7, 11) is 1.69. The number of rotatable bonds is 14. The fraction of sp³-hybridized carbons (Fsp3) is 0.611. The molecule has 134 valence electrons. The van der Waals surface area contributed by atoms with Gasteiger partial charge in [0, 0.05) is 13.7 Å². The summed E-state index contributed by atoms with van der Waals surface area (Å²) in [4.78, 5) is 23.0. The molecule has 1 aromatic rings. The highest BCUT2D eigenvalue weighted by Gasteiger charge is 2.28. The lowest BCUT2D eigenvalue weighted by Gasteiger charge is -2.07. The van der Waals surface area contributed by atoms with Crippen molar-refractivity contribution in [3.05, 3.63) is 35.4 Å². The highest BCUT2D eigenvalue weighted by Crippen LogP contribution is 2.09.